The zero-order valence-corrected chi connectivity index (χ0v) is 10.9. The molecule has 0 amide bonds. The monoisotopic (exact) mass is 414 g/mol. The van der Waals surface area contributed by atoms with Crippen LogP contribution in [0.5, 0.6) is 5.75 Å². The third-order valence-corrected chi connectivity index (χ3v) is 4.31. The predicted octanol–water partition coefficient (Wildman–Crippen LogP) is 3.91. The van der Waals surface area contributed by atoms with Crippen LogP contribution in [0.4, 0.5) is 0 Å². The fourth-order valence-electron chi connectivity index (χ4n) is 0.557. The third-order valence-electron chi connectivity index (χ3n) is 1.09. The molecule has 0 saturated heterocycles. The summed E-state index contributed by atoms with van der Waals surface area (Å²) < 4.78 is 1.44. The summed E-state index contributed by atoms with van der Waals surface area (Å²) in [6, 6.07) is 1.63. The fraction of sp³-hybridized carbons (Fsp3) is 0. The summed E-state index contributed by atoms with van der Waals surface area (Å²) in [6.45, 7) is 0. The maximum Gasteiger partial charge on any atom is 0.149 e. The number of halogens is 4. The molecule has 0 saturated carbocycles. The second-order valence-electron chi connectivity index (χ2n) is 1.82. The maximum absolute atomic E-state index is 9.28. The van der Waals surface area contributed by atoms with Crippen LogP contribution in [0, 0.1) is 7.14 Å². The molecule has 5 heteroatoms. The van der Waals surface area contributed by atoms with Crippen LogP contribution in [0.3, 0.4) is 0 Å². The van der Waals surface area contributed by atoms with E-state index in [1.807, 2.05) is 22.6 Å². The number of aromatic hydroxyl groups is 1. The summed E-state index contributed by atoms with van der Waals surface area (Å²) in [5, 5.41) is 10.2. The first-order valence-electron chi connectivity index (χ1n) is 2.56. The molecule has 1 aromatic rings. The lowest BCUT2D eigenvalue weighted by atomic mass is 10.3. The van der Waals surface area contributed by atoms with E-state index in [0.717, 1.165) is 3.57 Å². The minimum atomic E-state index is 0.0534. The van der Waals surface area contributed by atoms with E-state index in [0.29, 0.717) is 13.6 Å². The van der Waals surface area contributed by atoms with Crippen molar-refractivity contribution in [2.24, 2.45) is 0 Å². The smallest absolute Gasteiger partial charge is 0.149 e. The highest BCUT2D eigenvalue weighted by molar-refractivity contribution is 14.1. The fourth-order valence-corrected chi connectivity index (χ4v) is 2.93. The van der Waals surface area contributed by atoms with Crippen molar-refractivity contribution >= 4 is 68.4 Å². The highest BCUT2D eigenvalue weighted by atomic mass is 127. The number of rotatable bonds is 0. The van der Waals surface area contributed by atoms with Gasteiger partial charge in [-0.3, -0.25) is 0 Å². The lowest BCUT2D eigenvalue weighted by Crippen LogP contribution is -1.82. The highest BCUT2D eigenvalue weighted by Crippen LogP contribution is 2.37. The van der Waals surface area contributed by atoms with Crippen molar-refractivity contribution in [1.29, 1.82) is 0 Å². The molecule has 0 bridgehead atoms. The minimum absolute atomic E-state index is 0.0534. The summed E-state index contributed by atoms with van der Waals surface area (Å²) in [5.74, 6) is 0.0534. The van der Waals surface area contributed by atoms with Crippen LogP contribution < -0.4 is 0 Å². The Morgan fingerprint density at radius 2 is 1.82 bits per heavy atom. The molecule has 0 atom stereocenters. The summed E-state index contributed by atoms with van der Waals surface area (Å²) in [4.78, 5) is 0. The van der Waals surface area contributed by atoms with Crippen molar-refractivity contribution in [3.8, 4) is 5.75 Å². The molecule has 60 valence electrons. The van der Waals surface area contributed by atoms with Crippen molar-refractivity contribution in [2.45, 2.75) is 0 Å². The molecule has 0 radical (unpaired) electrons. The summed E-state index contributed by atoms with van der Waals surface area (Å²) in [5.41, 5.74) is 0. The van der Waals surface area contributed by atoms with E-state index < -0.39 is 0 Å². The van der Waals surface area contributed by atoms with Crippen molar-refractivity contribution in [1.82, 2.24) is 0 Å². The van der Waals surface area contributed by atoms with Crippen LogP contribution in [0.25, 0.3) is 0 Å². The predicted molar refractivity (Wildman–Crippen MR) is 63.6 cm³/mol. The van der Waals surface area contributed by atoms with Crippen molar-refractivity contribution in [3.63, 3.8) is 0 Å². The van der Waals surface area contributed by atoms with Gasteiger partial charge in [-0.2, -0.15) is 0 Å². The zero-order chi connectivity index (χ0) is 8.59. The Labute approximate surface area is 101 Å². The average Bonchev–Trinajstić information content (AvgIpc) is 1.97. The molecule has 11 heavy (non-hydrogen) atoms. The number of hydrogen-bond donors (Lipinski definition) is 1. The Morgan fingerprint density at radius 3 is 2.36 bits per heavy atom. The van der Waals surface area contributed by atoms with Crippen LogP contribution in [0.2, 0.25) is 10.0 Å². The third kappa shape index (κ3) is 2.05. The van der Waals surface area contributed by atoms with Crippen molar-refractivity contribution < 1.29 is 5.11 Å². The first kappa shape index (κ1) is 10.1. The van der Waals surface area contributed by atoms with E-state index in [4.69, 9.17) is 23.2 Å². The van der Waals surface area contributed by atoms with Crippen LogP contribution in [-0.2, 0) is 0 Å². The molecule has 1 aromatic carbocycles. The van der Waals surface area contributed by atoms with E-state index in [-0.39, 0.29) is 5.75 Å². The molecule has 0 unspecified atom stereocenters. The van der Waals surface area contributed by atoms with Crippen LogP contribution in [0.1, 0.15) is 0 Å². The quantitative estimate of drug-likeness (QED) is 0.388. The Balaban J connectivity index is 3.46. The Kier molecular flexibility index (Phi) is 3.55. The molecule has 0 aliphatic heterocycles. The highest BCUT2D eigenvalue weighted by Gasteiger charge is 2.10. The van der Waals surface area contributed by atoms with Crippen LogP contribution in [-0.4, -0.2) is 5.11 Å². The molecule has 0 aromatic heterocycles. The summed E-state index contributed by atoms with van der Waals surface area (Å²) >= 11 is 15.5. The first-order valence-corrected chi connectivity index (χ1v) is 5.47. The van der Waals surface area contributed by atoms with Gasteiger partial charge in [0.05, 0.1) is 13.6 Å². The molecule has 0 spiro atoms. The normalized spacial score (nSPS) is 10.2. The topological polar surface area (TPSA) is 20.2 Å². The van der Waals surface area contributed by atoms with E-state index in [1.54, 1.807) is 6.07 Å². The van der Waals surface area contributed by atoms with Gasteiger partial charge >= 0.3 is 0 Å². The van der Waals surface area contributed by atoms with Gasteiger partial charge in [0.25, 0.3) is 0 Å². The molecule has 1 N–H and O–H groups in total. The first-order chi connectivity index (χ1) is 5.04. The van der Waals surface area contributed by atoms with Gasteiger partial charge in [-0.15, -0.1) is 0 Å². The van der Waals surface area contributed by atoms with Crippen LogP contribution in [0.15, 0.2) is 6.07 Å². The number of benzene rings is 1. The second-order valence-corrected chi connectivity index (χ2v) is 4.84. The number of hydrogen-bond acceptors (Lipinski definition) is 1. The molecule has 0 aliphatic carbocycles. The van der Waals surface area contributed by atoms with Gasteiger partial charge in [-0.25, -0.2) is 0 Å². The molecular weight excluding hydrogens is 413 g/mol. The Bertz CT molecular complexity index is 275. The molecule has 0 aliphatic rings. The standard InChI is InChI=1S/C6H2Cl2I2O/c7-2-1-3(9)4(8)5(10)6(2)11/h1,11H. The Morgan fingerprint density at radius 1 is 1.27 bits per heavy atom. The van der Waals surface area contributed by atoms with Gasteiger partial charge < -0.3 is 5.11 Å². The van der Waals surface area contributed by atoms with Gasteiger partial charge in [0.1, 0.15) is 5.75 Å². The molecular formula is C6H2Cl2I2O. The average molecular weight is 415 g/mol. The van der Waals surface area contributed by atoms with E-state index in [2.05, 4.69) is 22.6 Å². The van der Waals surface area contributed by atoms with Gasteiger partial charge in [0.15, 0.2) is 0 Å². The van der Waals surface area contributed by atoms with E-state index in [1.165, 1.54) is 0 Å². The van der Waals surface area contributed by atoms with Crippen molar-refractivity contribution in [2.75, 3.05) is 0 Å². The van der Waals surface area contributed by atoms with Gasteiger partial charge in [0.2, 0.25) is 0 Å². The van der Waals surface area contributed by atoms with Gasteiger partial charge in [-0.1, -0.05) is 23.2 Å². The van der Waals surface area contributed by atoms with Gasteiger partial charge in [-0.05, 0) is 51.2 Å². The minimum Gasteiger partial charge on any atom is -0.505 e. The molecule has 1 rings (SSSR count). The van der Waals surface area contributed by atoms with E-state index in [9.17, 15) is 5.11 Å². The summed E-state index contributed by atoms with van der Waals surface area (Å²) in [7, 11) is 0. The van der Waals surface area contributed by atoms with Gasteiger partial charge in [0, 0.05) is 3.57 Å². The SMILES string of the molecule is Oc1c(Cl)cc(I)c(Cl)c1I. The lowest BCUT2D eigenvalue weighted by Gasteiger charge is -2.03. The van der Waals surface area contributed by atoms with Crippen molar-refractivity contribution in [3.05, 3.63) is 23.3 Å². The molecule has 0 heterocycles. The molecule has 0 fully saturated rings. The lowest BCUT2D eigenvalue weighted by molar-refractivity contribution is 0.471. The Hall–Kier alpha value is 1.06. The summed E-state index contributed by atoms with van der Waals surface area (Å²) in [6.07, 6.45) is 0. The maximum atomic E-state index is 9.28. The molecule has 1 nitrogen and oxygen atoms in total. The second kappa shape index (κ2) is 3.85. The number of phenolic OH excluding ortho intramolecular Hbond substituents is 1. The van der Waals surface area contributed by atoms with E-state index >= 15 is 0 Å². The zero-order valence-electron chi connectivity index (χ0n) is 5.04. The largest absolute Gasteiger partial charge is 0.505 e. The van der Waals surface area contributed by atoms with Crippen LogP contribution >= 0.6 is 68.4 Å². The number of phenols is 1.